The summed E-state index contributed by atoms with van der Waals surface area (Å²) in [4.78, 5) is 18.5. The van der Waals surface area contributed by atoms with E-state index in [2.05, 4.69) is 29.1 Å². The van der Waals surface area contributed by atoms with Crippen LogP contribution < -0.4 is 5.32 Å². The van der Waals surface area contributed by atoms with E-state index in [-0.39, 0.29) is 5.91 Å². The molecule has 1 heterocycles. The fourth-order valence-corrected chi connectivity index (χ4v) is 1.43. The number of imidazole rings is 1. The van der Waals surface area contributed by atoms with Crippen LogP contribution in [-0.4, -0.2) is 22.4 Å². The molecule has 4 heteroatoms. The molecule has 2 N–H and O–H groups in total. The van der Waals surface area contributed by atoms with Gasteiger partial charge in [0.1, 0.15) is 5.82 Å². The van der Waals surface area contributed by atoms with Crippen molar-refractivity contribution in [2.75, 3.05) is 6.54 Å². The van der Waals surface area contributed by atoms with E-state index < -0.39 is 0 Å². The van der Waals surface area contributed by atoms with Gasteiger partial charge in [0.2, 0.25) is 5.91 Å². The average molecular weight is 223 g/mol. The molecule has 0 saturated heterocycles. The highest BCUT2D eigenvalue weighted by molar-refractivity contribution is 5.75. The van der Waals surface area contributed by atoms with Crippen LogP contribution in [0, 0.1) is 5.92 Å². The van der Waals surface area contributed by atoms with E-state index in [0.29, 0.717) is 12.3 Å². The Hall–Kier alpha value is -1.32. The van der Waals surface area contributed by atoms with Crippen molar-refractivity contribution in [1.29, 1.82) is 0 Å². The van der Waals surface area contributed by atoms with Crippen LogP contribution >= 0.6 is 0 Å². The Labute approximate surface area is 96.9 Å². The fraction of sp³-hybridized carbons (Fsp3) is 0.667. The summed E-state index contributed by atoms with van der Waals surface area (Å²) < 4.78 is 0. The van der Waals surface area contributed by atoms with Crippen LogP contribution in [0.5, 0.6) is 0 Å². The van der Waals surface area contributed by atoms with E-state index in [4.69, 9.17) is 0 Å². The molecule has 16 heavy (non-hydrogen) atoms. The van der Waals surface area contributed by atoms with E-state index in [1.807, 2.05) is 6.20 Å². The van der Waals surface area contributed by atoms with Crippen molar-refractivity contribution in [3.05, 3.63) is 18.2 Å². The topological polar surface area (TPSA) is 57.8 Å². The minimum absolute atomic E-state index is 0.160. The smallest absolute Gasteiger partial charge is 0.220 e. The lowest BCUT2D eigenvalue weighted by molar-refractivity contribution is -0.121. The summed E-state index contributed by atoms with van der Waals surface area (Å²) in [6.45, 7) is 4.99. The van der Waals surface area contributed by atoms with Crippen molar-refractivity contribution in [2.45, 2.75) is 39.5 Å². The molecule has 0 aliphatic carbocycles. The lowest BCUT2D eigenvalue weighted by atomic mass is 10.1. The third kappa shape index (κ3) is 5.53. The lowest BCUT2D eigenvalue weighted by Crippen LogP contribution is -2.24. The maximum Gasteiger partial charge on any atom is 0.220 e. The largest absolute Gasteiger partial charge is 0.356 e. The maximum atomic E-state index is 11.4. The number of rotatable bonds is 7. The third-order valence-corrected chi connectivity index (χ3v) is 2.42. The highest BCUT2D eigenvalue weighted by atomic mass is 16.1. The number of nitrogens with one attached hydrogen (secondary N) is 2. The number of aromatic amines is 1. The number of nitrogens with zero attached hydrogens (tertiary/aromatic N) is 1. The minimum Gasteiger partial charge on any atom is -0.356 e. The molecule has 0 aromatic carbocycles. The van der Waals surface area contributed by atoms with Gasteiger partial charge in [-0.15, -0.1) is 0 Å². The van der Waals surface area contributed by atoms with Crippen molar-refractivity contribution < 1.29 is 4.79 Å². The molecule has 90 valence electrons. The Balaban J connectivity index is 2.00. The van der Waals surface area contributed by atoms with Crippen molar-refractivity contribution >= 4 is 5.91 Å². The van der Waals surface area contributed by atoms with Crippen LogP contribution in [-0.2, 0) is 11.2 Å². The van der Waals surface area contributed by atoms with Gasteiger partial charge < -0.3 is 10.3 Å². The fourth-order valence-electron chi connectivity index (χ4n) is 1.43. The first-order valence-corrected chi connectivity index (χ1v) is 5.93. The van der Waals surface area contributed by atoms with Crippen LogP contribution in [0.3, 0.4) is 0 Å². The summed E-state index contributed by atoms with van der Waals surface area (Å²) in [5, 5.41) is 2.92. The number of hydrogen-bond donors (Lipinski definition) is 2. The zero-order valence-corrected chi connectivity index (χ0v) is 10.1. The first-order valence-electron chi connectivity index (χ1n) is 5.93. The SMILES string of the molecule is CC(C)CCC(=O)NCCCc1ncc[nH]1. The van der Waals surface area contributed by atoms with Gasteiger partial charge in [0.25, 0.3) is 0 Å². The number of H-pyrrole nitrogens is 1. The number of hydrogen-bond acceptors (Lipinski definition) is 2. The van der Waals surface area contributed by atoms with Gasteiger partial charge in [-0.1, -0.05) is 13.8 Å². The Kier molecular flexibility index (Phi) is 5.61. The quantitative estimate of drug-likeness (QED) is 0.694. The second-order valence-corrected chi connectivity index (χ2v) is 4.42. The lowest BCUT2D eigenvalue weighted by Gasteiger charge is -2.06. The Morgan fingerprint density at radius 2 is 2.38 bits per heavy atom. The summed E-state index contributed by atoms with van der Waals surface area (Å²) in [5.74, 6) is 1.73. The van der Waals surface area contributed by atoms with Gasteiger partial charge in [0.05, 0.1) is 0 Å². The Morgan fingerprint density at radius 1 is 1.56 bits per heavy atom. The van der Waals surface area contributed by atoms with Gasteiger partial charge in [0, 0.05) is 31.8 Å². The van der Waals surface area contributed by atoms with Crippen molar-refractivity contribution in [3.8, 4) is 0 Å². The third-order valence-electron chi connectivity index (χ3n) is 2.42. The van der Waals surface area contributed by atoms with Gasteiger partial charge >= 0.3 is 0 Å². The zero-order valence-electron chi connectivity index (χ0n) is 10.1. The summed E-state index contributed by atoms with van der Waals surface area (Å²) in [6.07, 6.45) is 6.98. The minimum atomic E-state index is 0.160. The molecule has 1 aromatic rings. The molecule has 1 rings (SSSR count). The highest BCUT2D eigenvalue weighted by Gasteiger charge is 2.02. The van der Waals surface area contributed by atoms with Gasteiger partial charge in [-0.05, 0) is 18.8 Å². The average Bonchev–Trinajstić information content (AvgIpc) is 2.74. The zero-order chi connectivity index (χ0) is 11.8. The van der Waals surface area contributed by atoms with Gasteiger partial charge in [-0.25, -0.2) is 4.98 Å². The molecular formula is C12H21N3O. The molecule has 0 radical (unpaired) electrons. The molecule has 0 saturated carbocycles. The molecule has 0 aliphatic heterocycles. The molecular weight excluding hydrogens is 202 g/mol. The van der Waals surface area contributed by atoms with Crippen LogP contribution in [0.1, 0.15) is 38.9 Å². The number of aryl methyl sites for hydroxylation is 1. The molecule has 0 unspecified atom stereocenters. The van der Waals surface area contributed by atoms with E-state index in [1.165, 1.54) is 0 Å². The van der Waals surface area contributed by atoms with Crippen molar-refractivity contribution in [1.82, 2.24) is 15.3 Å². The van der Waals surface area contributed by atoms with Crippen LogP contribution in [0.25, 0.3) is 0 Å². The standard InChI is InChI=1S/C12H21N3O/c1-10(2)5-6-12(16)15-7-3-4-11-13-8-9-14-11/h8-10H,3-7H2,1-2H3,(H,13,14)(H,15,16). The number of aromatic nitrogens is 2. The molecule has 0 aliphatic rings. The summed E-state index contributed by atoms with van der Waals surface area (Å²) in [5.41, 5.74) is 0. The highest BCUT2D eigenvalue weighted by Crippen LogP contribution is 2.02. The molecule has 0 spiro atoms. The van der Waals surface area contributed by atoms with E-state index in [9.17, 15) is 4.79 Å². The number of carbonyl (C=O) groups is 1. The number of amides is 1. The normalized spacial score (nSPS) is 10.7. The summed E-state index contributed by atoms with van der Waals surface area (Å²) >= 11 is 0. The van der Waals surface area contributed by atoms with Gasteiger partial charge in [0.15, 0.2) is 0 Å². The maximum absolute atomic E-state index is 11.4. The molecule has 0 bridgehead atoms. The van der Waals surface area contributed by atoms with E-state index in [1.54, 1.807) is 6.20 Å². The molecule has 1 aromatic heterocycles. The second kappa shape index (κ2) is 7.04. The molecule has 0 fully saturated rings. The Morgan fingerprint density at radius 3 is 3.00 bits per heavy atom. The van der Waals surface area contributed by atoms with Crippen molar-refractivity contribution in [2.24, 2.45) is 5.92 Å². The molecule has 1 amide bonds. The van der Waals surface area contributed by atoms with Crippen LogP contribution in [0.4, 0.5) is 0 Å². The monoisotopic (exact) mass is 223 g/mol. The van der Waals surface area contributed by atoms with Crippen molar-refractivity contribution in [3.63, 3.8) is 0 Å². The van der Waals surface area contributed by atoms with E-state index in [0.717, 1.165) is 31.6 Å². The van der Waals surface area contributed by atoms with Crippen LogP contribution in [0.15, 0.2) is 12.4 Å². The predicted octanol–water partition coefficient (Wildman–Crippen LogP) is 1.89. The second-order valence-electron chi connectivity index (χ2n) is 4.42. The van der Waals surface area contributed by atoms with Gasteiger partial charge in [-0.3, -0.25) is 4.79 Å². The first-order chi connectivity index (χ1) is 7.68. The van der Waals surface area contributed by atoms with Gasteiger partial charge in [-0.2, -0.15) is 0 Å². The summed E-state index contributed by atoms with van der Waals surface area (Å²) in [6, 6.07) is 0. The number of carbonyl (C=O) groups excluding carboxylic acids is 1. The van der Waals surface area contributed by atoms with Crippen LogP contribution in [0.2, 0.25) is 0 Å². The van der Waals surface area contributed by atoms with E-state index >= 15 is 0 Å². The molecule has 0 atom stereocenters. The summed E-state index contributed by atoms with van der Waals surface area (Å²) in [7, 11) is 0. The molecule has 4 nitrogen and oxygen atoms in total. The predicted molar refractivity (Wildman–Crippen MR) is 64.0 cm³/mol. The first kappa shape index (κ1) is 12.7. The Bertz CT molecular complexity index is 293.